The second-order valence-electron chi connectivity index (χ2n) is 6.48. The Morgan fingerprint density at radius 3 is 2.44 bits per heavy atom. The highest BCUT2D eigenvalue weighted by atomic mass is 19.4. The summed E-state index contributed by atoms with van der Waals surface area (Å²) in [6.45, 7) is 3.72. The highest BCUT2D eigenvalue weighted by Crippen LogP contribution is 2.40. The standard InChI is InChI=1S/C19H19F3N4O/c1-11(12(2)27)23-10-13-4-6-14(7-5-13)15-8-9-16-18(24-25-26(16)3)17(15)19(20,21)22/h4-9,11,23H,10H2,1-3H3. The Morgan fingerprint density at radius 1 is 1.19 bits per heavy atom. The van der Waals surface area contributed by atoms with Gasteiger partial charge in [-0.3, -0.25) is 4.79 Å². The number of Topliss-reactive ketones (excluding diaryl/α,β-unsaturated/α-hetero) is 1. The number of hydrogen-bond acceptors (Lipinski definition) is 4. The number of rotatable bonds is 5. The van der Waals surface area contributed by atoms with Crippen molar-refractivity contribution in [1.82, 2.24) is 20.3 Å². The van der Waals surface area contributed by atoms with Gasteiger partial charge in [-0.05, 0) is 36.6 Å². The second-order valence-corrected chi connectivity index (χ2v) is 6.48. The minimum atomic E-state index is -4.55. The van der Waals surface area contributed by atoms with E-state index in [9.17, 15) is 18.0 Å². The Bertz CT molecular complexity index is 977. The number of alkyl halides is 3. The normalized spacial score (nSPS) is 13.1. The van der Waals surface area contributed by atoms with Gasteiger partial charge in [0.25, 0.3) is 0 Å². The smallest absolute Gasteiger partial charge is 0.304 e. The molecule has 0 radical (unpaired) electrons. The fraction of sp³-hybridized carbons (Fsp3) is 0.316. The molecule has 2 aromatic carbocycles. The molecule has 1 N–H and O–H groups in total. The molecular weight excluding hydrogens is 357 g/mol. The van der Waals surface area contributed by atoms with Gasteiger partial charge in [0.2, 0.25) is 0 Å². The maximum Gasteiger partial charge on any atom is 0.419 e. The number of nitrogens with one attached hydrogen (secondary N) is 1. The maximum atomic E-state index is 13.7. The van der Waals surface area contributed by atoms with Crippen molar-refractivity contribution in [2.45, 2.75) is 32.6 Å². The summed E-state index contributed by atoms with van der Waals surface area (Å²) >= 11 is 0. The first-order valence-corrected chi connectivity index (χ1v) is 8.41. The minimum absolute atomic E-state index is 0.0266. The van der Waals surface area contributed by atoms with E-state index in [0.29, 0.717) is 17.6 Å². The SMILES string of the molecule is CC(=O)C(C)NCc1ccc(-c2ccc3c(nnn3C)c2C(F)(F)F)cc1. The fourth-order valence-corrected chi connectivity index (χ4v) is 2.85. The Morgan fingerprint density at radius 2 is 1.85 bits per heavy atom. The fourth-order valence-electron chi connectivity index (χ4n) is 2.85. The number of carbonyl (C=O) groups excluding carboxylic acids is 1. The zero-order valence-corrected chi connectivity index (χ0v) is 15.1. The van der Waals surface area contributed by atoms with Crippen LogP contribution in [0.25, 0.3) is 22.2 Å². The molecule has 1 atom stereocenters. The molecule has 0 amide bonds. The summed E-state index contributed by atoms with van der Waals surface area (Å²) in [7, 11) is 1.55. The number of hydrogen-bond donors (Lipinski definition) is 1. The van der Waals surface area contributed by atoms with Crippen molar-refractivity contribution in [2.75, 3.05) is 0 Å². The first kappa shape index (κ1) is 19.0. The second kappa shape index (κ2) is 7.11. The number of benzene rings is 2. The molecule has 1 aromatic heterocycles. The van der Waals surface area contributed by atoms with Gasteiger partial charge < -0.3 is 5.32 Å². The zero-order valence-electron chi connectivity index (χ0n) is 15.1. The average molecular weight is 376 g/mol. The molecule has 0 saturated carbocycles. The van der Waals surface area contributed by atoms with Crippen molar-refractivity contribution in [3.8, 4) is 11.1 Å². The number of aryl methyl sites for hydroxylation is 1. The molecule has 0 spiro atoms. The van der Waals surface area contributed by atoms with Crippen LogP contribution in [-0.2, 0) is 24.6 Å². The first-order chi connectivity index (χ1) is 12.7. The van der Waals surface area contributed by atoms with E-state index >= 15 is 0 Å². The van der Waals surface area contributed by atoms with Crippen molar-refractivity contribution in [3.63, 3.8) is 0 Å². The summed E-state index contributed by atoms with van der Waals surface area (Å²) in [6, 6.07) is 9.53. The average Bonchev–Trinajstić information content (AvgIpc) is 2.99. The van der Waals surface area contributed by atoms with Crippen molar-refractivity contribution in [2.24, 2.45) is 7.05 Å². The zero-order chi connectivity index (χ0) is 19.8. The Hall–Kier alpha value is -2.74. The van der Waals surface area contributed by atoms with E-state index < -0.39 is 11.7 Å². The predicted molar refractivity (Wildman–Crippen MR) is 95.9 cm³/mol. The highest BCUT2D eigenvalue weighted by Gasteiger charge is 2.37. The monoisotopic (exact) mass is 376 g/mol. The van der Waals surface area contributed by atoms with E-state index in [0.717, 1.165) is 5.56 Å². The van der Waals surface area contributed by atoms with Crippen LogP contribution < -0.4 is 5.32 Å². The molecule has 1 heterocycles. The van der Waals surface area contributed by atoms with Crippen LogP contribution in [0.2, 0.25) is 0 Å². The molecule has 0 aliphatic carbocycles. The molecular formula is C19H19F3N4O. The third kappa shape index (κ3) is 3.85. The molecule has 0 fully saturated rings. The van der Waals surface area contributed by atoms with Crippen LogP contribution in [0.15, 0.2) is 36.4 Å². The molecule has 0 saturated heterocycles. The summed E-state index contributed by atoms with van der Waals surface area (Å²) in [5, 5.41) is 10.5. The molecule has 8 heteroatoms. The third-order valence-corrected chi connectivity index (χ3v) is 4.55. The molecule has 142 valence electrons. The van der Waals surface area contributed by atoms with Crippen molar-refractivity contribution >= 4 is 16.8 Å². The molecule has 3 aromatic rings. The summed E-state index contributed by atoms with van der Waals surface area (Å²) in [6.07, 6.45) is -4.55. The quantitative estimate of drug-likeness (QED) is 0.737. The largest absolute Gasteiger partial charge is 0.419 e. The van der Waals surface area contributed by atoms with Gasteiger partial charge in [0.15, 0.2) is 0 Å². The number of nitrogens with zero attached hydrogens (tertiary/aromatic N) is 3. The molecule has 0 aliphatic rings. The van der Waals surface area contributed by atoms with Crippen LogP contribution in [0.5, 0.6) is 0 Å². The van der Waals surface area contributed by atoms with Crippen molar-refractivity contribution < 1.29 is 18.0 Å². The number of carbonyl (C=O) groups is 1. The van der Waals surface area contributed by atoms with E-state index in [1.165, 1.54) is 17.7 Å². The predicted octanol–water partition coefficient (Wildman–Crippen LogP) is 3.72. The number of fused-ring (bicyclic) bond motifs is 1. The number of ketones is 1. The van der Waals surface area contributed by atoms with Gasteiger partial charge >= 0.3 is 6.18 Å². The van der Waals surface area contributed by atoms with E-state index in [4.69, 9.17) is 0 Å². The summed E-state index contributed by atoms with van der Waals surface area (Å²) < 4.78 is 42.5. The van der Waals surface area contributed by atoms with Crippen LogP contribution in [0, 0.1) is 0 Å². The van der Waals surface area contributed by atoms with Gasteiger partial charge in [0.05, 0.1) is 17.1 Å². The summed E-state index contributed by atoms with van der Waals surface area (Å²) in [5.74, 6) is 0.0266. The molecule has 1 unspecified atom stereocenters. The molecule has 0 bridgehead atoms. The van der Waals surface area contributed by atoms with Crippen LogP contribution in [-0.4, -0.2) is 26.8 Å². The molecule has 27 heavy (non-hydrogen) atoms. The van der Waals surface area contributed by atoms with Gasteiger partial charge in [0, 0.05) is 13.6 Å². The maximum absolute atomic E-state index is 13.7. The summed E-state index contributed by atoms with van der Waals surface area (Å²) in [5.41, 5.74) is 0.754. The van der Waals surface area contributed by atoms with Crippen LogP contribution in [0.4, 0.5) is 13.2 Å². The van der Waals surface area contributed by atoms with Gasteiger partial charge in [-0.15, -0.1) is 5.10 Å². The number of halogens is 3. The lowest BCUT2D eigenvalue weighted by Gasteiger charge is -2.14. The Labute approximate surface area is 154 Å². The van der Waals surface area contributed by atoms with Gasteiger partial charge in [0.1, 0.15) is 11.3 Å². The summed E-state index contributed by atoms with van der Waals surface area (Å²) in [4.78, 5) is 11.3. The minimum Gasteiger partial charge on any atom is -0.304 e. The lowest BCUT2D eigenvalue weighted by Crippen LogP contribution is -2.31. The van der Waals surface area contributed by atoms with Crippen LogP contribution >= 0.6 is 0 Å². The van der Waals surface area contributed by atoms with E-state index in [2.05, 4.69) is 15.6 Å². The number of aromatic nitrogens is 3. The highest BCUT2D eigenvalue weighted by molar-refractivity contribution is 5.87. The molecule has 5 nitrogen and oxygen atoms in total. The molecule has 0 aliphatic heterocycles. The topological polar surface area (TPSA) is 59.8 Å². The first-order valence-electron chi connectivity index (χ1n) is 8.41. The van der Waals surface area contributed by atoms with E-state index in [1.54, 1.807) is 44.3 Å². The van der Waals surface area contributed by atoms with Gasteiger partial charge in [-0.25, -0.2) is 4.68 Å². The van der Waals surface area contributed by atoms with Gasteiger partial charge in [-0.2, -0.15) is 13.2 Å². The Balaban J connectivity index is 1.97. The van der Waals surface area contributed by atoms with Crippen LogP contribution in [0.3, 0.4) is 0 Å². The van der Waals surface area contributed by atoms with Crippen molar-refractivity contribution in [1.29, 1.82) is 0 Å². The van der Waals surface area contributed by atoms with E-state index in [1.807, 2.05) is 0 Å². The lowest BCUT2D eigenvalue weighted by molar-refractivity contribution is -0.136. The van der Waals surface area contributed by atoms with Crippen LogP contribution in [0.1, 0.15) is 25.0 Å². The third-order valence-electron chi connectivity index (χ3n) is 4.55. The molecule has 3 rings (SSSR count). The van der Waals surface area contributed by atoms with Gasteiger partial charge in [-0.1, -0.05) is 35.5 Å². The van der Waals surface area contributed by atoms with Crippen molar-refractivity contribution in [3.05, 3.63) is 47.5 Å². The Kier molecular flexibility index (Phi) is 5.01. The van der Waals surface area contributed by atoms with E-state index in [-0.39, 0.29) is 22.9 Å². The lowest BCUT2D eigenvalue weighted by atomic mass is 9.97.